The van der Waals surface area contributed by atoms with Crippen LogP contribution in [0.4, 0.5) is 0 Å². The van der Waals surface area contributed by atoms with Crippen LogP contribution >= 0.6 is 0 Å². The summed E-state index contributed by atoms with van der Waals surface area (Å²) in [6.45, 7) is 11.9. The second-order valence-electron chi connectivity index (χ2n) is 5.53. The molecular weight excluding hydrogens is 204 g/mol. The second-order valence-corrected chi connectivity index (χ2v) is 10.3. The van der Waals surface area contributed by atoms with Gasteiger partial charge >= 0.3 is 0 Å². The van der Waals surface area contributed by atoms with Gasteiger partial charge in [0.2, 0.25) is 0 Å². The lowest BCUT2D eigenvalue weighted by Crippen LogP contribution is -2.40. The van der Waals surface area contributed by atoms with Gasteiger partial charge in [0.25, 0.3) is 0 Å². The quantitative estimate of drug-likeness (QED) is 0.741. The van der Waals surface area contributed by atoms with Crippen molar-refractivity contribution in [1.29, 1.82) is 0 Å². The van der Waals surface area contributed by atoms with E-state index in [9.17, 15) is 0 Å². The molecule has 0 aliphatic rings. The molecule has 0 aliphatic carbocycles. The topological polar surface area (TPSA) is 27.1 Å². The highest BCUT2D eigenvalue weighted by Crippen LogP contribution is 2.36. The van der Waals surface area contributed by atoms with Crippen LogP contribution in [0.1, 0.15) is 26.5 Å². The average molecular weight is 226 g/mol. The van der Waals surface area contributed by atoms with Crippen LogP contribution in [0.3, 0.4) is 0 Å². The standard InChI is InChI=1S/C11H22N2OSi/c1-11(2,3)15(5,6)14-9-10-7-8-13(4)12-10/h7-8H,9H2,1-6H3. The molecule has 0 atom stereocenters. The molecule has 15 heavy (non-hydrogen) atoms. The zero-order valence-electron chi connectivity index (χ0n) is 10.7. The summed E-state index contributed by atoms with van der Waals surface area (Å²) < 4.78 is 7.87. The molecule has 0 saturated carbocycles. The summed E-state index contributed by atoms with van der Waals surface area (Å²) in [5.41, 5.74) is 1.02. The second kappa shape index (κ2) is 4.10. The van der Waals surface area contributed by atoms with Crippen LogP contribution in [-0.2, 0) is 18.1 Å². The van der Waals surface area contributed by atoms with Crippen molar-refractivity contribution in [3.05, 3.63) is 18.0 Å². The Hall–Kier alpha value is -0.613. The summed E-state index contributed by atoms with van der Waals surface area (Å²) in [5.74, 6) is 0. The van der Waals surface area contributed by atoms with Crippen molar-refractivity contribution in [2.24, 2.45) is 7.05 Å². The van der Waals surface area contributed by atoms with Crippen molar-refractivity contribution >= 4 is 8.32 Å². The van der Waals surface area contributed by atoms with E-state index >= 15 is 0 Å². The Morgan fingerprint density at radius 3 is 2.40 bits per heavy atom. The smallest absolute Gasteiger partial charge is 0.192 e. The average Bonchev–Trinajstić information content (AvgIpc) is 2.46. The van der Waals surface area contributed by atoms with E-state index in [1.165, 1.54) is 0 Å². The van der Waals surface area contributed by atoms with Gasteiger partial charge < -0.3 is 4.43 Å². The fourth-order valence-electron chi connectivity index (χ4n) is 1.01. The lowest BCUT2D eigenvalue weighted by molar-refractivity contribution is 0.271. The summed E-state index contributed by atoms with van der Waals surface area (Å²) in [7, 11) is 0.299. The van der Waals surface area contributed by atoms with E-state index in [1.54, 1.807) is 0 Å². The van der Waals surface area contributed by atoms with Gasteiger partial charge in [-0.15, -0.1) is 0 Å². The van der Waals surface area contributed by atoms with Crippen LogP contribution in [0.15, 0.2) is 12.3 Å². The molecule has 0 bridgehead atoms. The first-order valence-corrected chi connectivity index (χ1v) is 8.26. The molecule has 0 aromatic carbocycles. The van der Waals surface area contributed by atoms with Gasteiger partial charge in [-0.1, -0.05) is 20.8 Å². The fraction of sp³-hybridized carbons (Fsp3) is 0.727. The predicted octanol–water partition coefficient (Wildman–Crippen LogP) is 2.94. The van der Waals surface area contributed by atoms with Crippen molar-refractivity contribution in [2.45, 2.75) is 45.5 Å². The van der Waals surface area contributed by atoms with Gasteiger partial charge in [-0.25, -0.2) is 0 Å². The zero-order chi connectivity index (χ0) is 11.7. The van der Waals surface area contributed by atoms with E-state index in [0.29, 0.717) is 6.61 Å². The van der Waals surface area contributed by atoms with E-state index < -0.39 is 8.32 Å². The Morgan fingerprint density at radius 2 is 2.00 bits per heavy atom. The van der Waals surface area contributed by atoms with Crippen molar-refractivity contribution in [3.63, 3.8) is 0 Å². The molecule has 86 valence electrons. The van der Waals surface area contributed by atoms with Crippen LogP contribution < -0.4 is 0 Å². The van der Waals surface area contributed by atoms with E-state index in [-0.39, 0.29) is 5.04 Å². The first kappa shape index (κ1) is 12.5. The van der Waals surface area contributed by atoms with Crippen molar-refractivity contribution in [3.8, 4) is 0 Å². The van der Waals surface area contributed by atoms with E-state index in [0.717, 1.165) is 5.69 Å². The third kappa shape index (κ3) is 3.17. The number of aryl methyl sites for hydroxylation is 1. The highest BCUT2D eigenvalue weighted by molar-refractivity contribution is 6.74. The highest BCUT2D eigenvalue weighted by Gasteiger charge is 2.37. The van der Waals surface area contributed by atoms with Gasteiger partial charge in [-0.3, -0.25) is 4.68 Å². The first-order chi connectivity index (χ1) is 6.72. The monoisotopic (exact) mass is 226 g/mol. The maximum atomic E-state index is 6.06. The minimum absolute atomic E-state index is 0.266. The van der Waals surface area contributed by atoms with E-state index in [1.807, 2.05) is 24.0 Å². The third-order valence-corrected chi connectivity index (χ3v) is 7.63. The Kier molecular flexibility index (Phi) is 3.40. The fourth-order valence-corrected chi connectivity index (χ4v) is 1.95. The molecule has 3 nitrogen and oxygen atoms in total. The van der Waals surface area contributed by atoms with Crippen LogP contribution in [0, 0.1) is 0 Å². The molecule has 0 amide bonds. The van der Waals surface area contributed by atoms with Crippen LogP contribution in [0.25, 0.3) is 0 Å². The van der Waals surface area contributed by atoms with Crippen molar-refractivity contribution in [2.75, 3.05) is 0 Å². The Labute approximate surface area is 93.6 Å². The maximum Gasteiger partial charge on any atom is 0.192 e. The van der Waals surface area contributed by atoms with Gasteiger partial charge in [-0.2, -0.15) is 5.10 Å². The normalized spacial score (nSPS) is 13.2. The number of hydrogen-bond acceptors (Lipinski definition) is 2. The molecule has 0 unspecified atom stereocenters. The summed E-state index contributed by atoms with van der Waals surface area (Å²) in [4.78, 5) is 0. The van der Waals surface area contributed by atoms with Gasteiger partial charge in [0.15, 0.2) is 8.32 Å². The molecule has 1 aromatic rings. The number of hydrogen-bond donors (Lipinski definition) is 0. The molecular formula is C11H22N2OSi. The third-order valence-electron chi connectivity index (χ3n) is 3.16. The zero-order valence-corrected chi connectivity index (χ0v) is 11.7. The minimum atomic E-state index is -1.63. The molecule has 0 aliphatic heterocycles. The molecule has 4 heteroatoms. The summed E-state index contributed by atoms with van der Waals surface area (Å²) in [5, 5.41) is 4.58. The Morgan fingerprint density at radius 1 is 1.40 bits per heavy atom. The van der Waals surface area contributed by atoms with Gasteiger partial charge in [0.1, 0.15) is 0 Å². The van der Waals surface area contributed by atoms with Crippen molar-refractivity contribution in [1.82, 2.24) is 9.78 Å². The van der Waals surface area contributed by atoms with Gasteiger partial charge in [-0.05, 0) is 24.2 Å². The molecule has 0 N–H and O–H groups in total. The summed E-state index contributed by atoms with van der Waals surface area (Å²) in [6.07, 6.45) is 1.95. The molecule has 1 rings (SSSR count). The van der Waals surface area contributed by atoms with Crippen molar-refractivity contribution < 1.29 is 4.43 Å². The minimum Gasteiger partial charge on any atom is -0.411 e. The highest BCUT2D eigenvalue weighted by atomic mass is 28.4. The predicted molar refractivity (Wildman–Crippen MR) is 65.2 cm³/mol. The van der Waals surface area contributed by atoms with Gasteiger partial charge in [0.05, 0.1) is 12.3 Å². The van der Waals surface area contributed by atoms with Crippen LogP contribution in [0.5, 0.6) is 0 Å². The number of aromatic nitrogens is 2. The molecule has 0 saturated heterocycles. The van der Waals surface area contributed by atoms with E-state index in [4.69, 9.17) is 4.43 Å². The van der Waals surface area contributed by atoms with Gasteiger partial charge in [0, 0.05) is 13.2 Å². The van der Waals surface area contributed by atoms with E-state index in [2.05, 4.69) is 39.0 Å². The molecule has 1 aromatic heterocycles. The van der Waals surface area contributed by atoms with Crippen LogP contribution in [-0.4, -0.2) is 18.1 Å². The molecule has 0 fully saturated rings. The SMILES string of the molecule is Cn1ccc(CO[Si](C)(C)C(C)(C)C)n1. The molecule has 0 spiro atoms. The lowest BCUT2D eigenvalue weighted by atomic mass is 10.2. The largest absolute Gasteiger partial charge is 0.411 e. The lowest BCUT2D eigenvalue weighted by Gasteiger charge is -2.35. The summed E-state index contributed by atoms with van der Waals surface area (Å²) >= 11 is 0. The molecule has 1 heterocycles. The number of rotatable bonds is 3. The first-order valence-electron chi connectivity index (χ1n) is 5.35. The number of nitrogens with zero attached hydrogens (tertiary/aromatic N) is 2. The van der Waals surface area contributed by atoms with Crippen LogP contribution in [0.2, 0.25) is 18.1 Å². The maximum absolute atomic E-state index is 6.06. The summed E-state index contributed by atoms with van der Waals surface area (Å²) in [6, 6.07) is 2.01. The Balaban J connectivity index is 2.57. The Bertz CT molecular complexity index is 326. The molecule has 0 radical (unpaired) electrons.